The number of anilines is 1. The monoisotopic (exact) mass is 473 g/mol. The average Bonchev–Trinajstić information content (AvgIpc) is 3.21. The van der Waals surface area contributed by atoms with E-state index in [1.165, 1.54) is 21.3 Å². The van der Waals surface area contributed by atoms with E-state index in [1.54, 1.807) is 33.1 Å². The molecule has 1 fully saturated rings. The van der Waals surface area contributed by atoms with E-state index in [-0.39, 0.29) is 29.7 Å². The number of amides is 2. The molecule has 0 aliphatic carbocycles. The van der Waals surface area contributed by atoms with E-state index in [0.29, 0.717) is 31.9 Å². The largest absolute Gasteiger partial charge is 0.380 e. The number of sulfonamides is 1. The second-order valence-corrected chi connectivity index (χ2v) is 9.85. The standard InChI is InChI=1S/C24H31N3O5S/c1-4-26(5-2)33(30,31)22-12-10-21(11-13-22)27-16-20(14-23(27)28)24(29)25-15-18-8-6-7-9-19(18)17-32-3/h6-13,20H,4-5,14-17H2,1-3H3,(H,25,29). The molecule has 0 spiro atoms. The number of hydrogen-bond donors (Lipinski definition) is 1. The van der Waals surface area contributed by atoms with Gasteiger partial charge in [0.2, 0.25) is 21.8 Å². The normalized spacial score (nSPS) is 16.4. The smallest absolute Gasteiger partial charge is 0.243 e. The molecule has 0 aromatic heterocycles. The molecule has 0 saturated carbocycles. The van der Waals surface area contributed by atoms with Gasteiger partial charge in [0, 0.05) is 45.4 Å². The fourth-order valence-corrected chi connectivity index (χ4v) is 5.45. The molecule has 0 radical (unpaired) electrons. The number of nitrogens with one attached hydrogen (secondary N) is 1. The molecule has 1 atom stereocenters. The summed E-state index contributed by atoms with van der Waals surface area (Å²) in [4.78, 5) is 27.0. The molecule has 1 aliphatic heterocycles. The van der Waals surface area contributed by atoms with Crippen LogP contribution in [0.4, 0.5) is 5.69 Å². The number of nitrogens with zero attached hydrogens (tertiary/aromatic N) is 2. The van der Waals surface area contributed by atoms with Gasteiger partial charge in [0.15, 0.2) is 0 Å². The van der Waals surface area contributed by atoms with E-state index in [9.17, 15) is 18.0 Å². The van der Waals surface area contributed by atoms with E-state index < -0.39 is 15.9 Å². The van der Waals surface area contributed by atoms with Crippen molar-refractivity contribution in [2.75, 3.05) is 31.6 Å². The molecule has 33 heavy (non-hydrogen) atoms. The van der Waals surface area contributed by atoms with Gasteiger partial charge < -0.3 is 15.0 Å². The van der Waals surface area contributed by atoms with E-state index in [4.69, 9.17) is 4.74 Å². The first kappa shape index (κ1) is 24.9. The van der Waals surface area contributed by atoms with Crippen LogP contribution in [0, 0.1) is 5.92 Å². The van der Waals surface area contributed by atoms with Gasteiger partial charge in [-0.3, -0.25) is 9.59 Å². The number of benzene rings is 2. The molecular weight excluding hydrogens is 442 g/mol. The van der Waals surface area contributed by atoms with Crippen LogP contribution in [0.3, 0.4) is 0 Å². The predicted molar refractivity (Wildman–Crippen MR) is 126 cm³/mol. The Hall–Kier alpha value is -2.75. The van der Waals surface area contributed by atoms with Crippen molar-refractivity contribution in [1.82, 2.24) is 9.62 Å². The summed E-state index contributed by atoms with van der Waals surface area (Å²) in [7, 11) is -1.94. The average molecular weight is 474 g/mol. The lowest BCUT2D eigenvalue weighted by Crippen LogP contribution is -2.33. The molecule has 8 nitrogen and oxygen atoms in total. The zero-order valence-electron chi connectivity index (χ0n) is 19.3. The molecule has 2 aromatic rings. The van der Waals surface area contributed by atoms with Crippen LogP contribution in [-0.4, -0.2) is 51.3 Å². The van der Waals surface area contributed by atoms with Crippen LogP contribution in [0.25, 0.3) is 0 Å². The molecule has 1 unspecified atom stereocenters. The molecule has 2 amide bonds. The maximum absolute atomic E-state index is 12.7. The Bertz CT molecular complexity index is 1080. The van der Waals surface area contributed by atoms with Gasteiger partial charge in [0.1, 0.15) is 0 Å². The Morgan fingerprint density at radius 2 is 1.73 bits per heavy atom. The highest BCUT2D eigenvalue weighted by atomic mass is 32.2. The van der Waals surface area contributed by atoms with Crippen molar-refractivity contribution < 1.29 is 22.7 Å². The molecule has 178 valence electrons. The van der Waals surface area contributed by atoms with Crippen LogP contribution in [0.15, 0.2) is 53.4 Å². The number of carbonyl (C=O) groups excluding carboxylic acids is 2. The summed E-state index contributed by atoms with van der Waals surface area (Å²) in [6.45, 7) is 5.43. The summed E-state index contributed by atoms with van der Waals surface area (Å²) in [5.41, 5.74) is 2.56. The highest BCUT2D eigenvalue weighted by Gasteiger charge is 2.35. The topological polar surface area (TPSA) is 96.0 Å². The third-order valence-corrected chi connectivity index (χ3v) is 7.92. The molecule has 1 saturated heterocycles. The lowest BCUT2D eigenvalue weighted by molar-refractivity contribution is -0.126. The zero-order valence-corrected chi connectivity index (χ0v) is 20.1. The summed E-state index contributed by atoms with van der Waals surface area (Å²) in [5, 5.41) is 2.93. The maximum Gasteiger partial charge on any atom is 0.243 e. The Kier molecular flexibility index (Phi) is 8.23. The lowest BCUT2D eigenvalue weighted by atomic mass is 10.1. The summed E-state index contributed by atoms with van der Waals surface area (Å²) < 4.78 is 31.9. The first-order chi connectivity index (χ1) is 15.8. The zero-order chi connectivity index (χ0) is 24.0. The van der Waals surface area contributed by atoms with Gasteiger partial charge in [-0.1, -0.05) is 38.1 Å². The van der Waals surface area contributed by atoms with E-state index in [1.807, 2.05) is 24.3 Å². The van der Waals surface area contributed by atoms with Crippen molar-refractivity contribution in [3.05, 3.63) is 59.7 Å². The Morgan fingerprint density at radius 3 is 2.33 bits per heavy atom. The minimum absolute atomic E-state index is 0.116. The molecule has 0 bridgehead atoms. The number of carbonyl (C=O) groups is 2. The van der Waals surface area contributed by atoms with Crippen molar-refractivity contribution in [3.63, 3.8) is 0 Å². The van der Waals surface area contributed by atoms with Gasteiger partial charge in [0.05, 0.1) is 17.4 Å². The maximum atomic E-state index is 12.7. The first-order valence-electron chi connectivity index (χ1n) is 11.1. The summed E-state index contributed by atoms with van der Waals surface area (Å²) in [6, 6.07) is 14.0. The Balaban J connectivity index is 1.65. The molecule has 3 rings (SSSR count). The van der Waals surface area contributed by atoms with Gasteiger partial charge in [-0.25, -0.2) is 8.42 Å². The highest BCUT2D eigenvalue weighted by molar-refractivity contribution is 7.89. The third kappa shape index (κ3) is 5.61. The SMILES string of the molecule is CCN(CC)S(=O)(=O)c1ccc(N2CC(C(=O)NCc3ccccc3COC)CC2=O)cc1. The minimum atomic E-state index is -3.56. The summed E-state index contributed by atoms with van der Waals surface area (Å²) in [5.74, 6) is -0.806. The van der Waals surface area contributed by atoms with Crippen molar-refractivity contribution in [3.8, 4) is 0 Å². The summed E-state index contributed by atoms with van der Waals surface area (Å²) >= 11 is 0. The van der Waals surface area contributed by atoms with Crippen LogP contribution in [-0.2, 0) is 37.5 Å². The number of rotatable bonds is 10. The van der Waals surface area contributed by atoms with Crippen molar-refractivity contribution >= 4 is 27.5 Å². The van der Waals surface area contributed by atoms with Crippen LogP contribution in [0.1, 0.15) is 31.4 Å². The van der Waals surface area contributed by atoms with Gasteiger partial charge in [-0.15, -0.1) is 0 Å². The van der Waals surface area contributed by atoms with Crippen molar-refractivity contribution in [2.45, 2.75) is 38.3 Å². The molecule has 1 aliphatic rings. The molecule has 1 N–H and O–H groups in total. The van der Waals surface area contributed by atoms with Gasteiger partial charge in [0.25, 0.3) is 0 Å². The van der Waals surface area contributed by atoms with Crippen LogP contribution in [0.2, 0.25) is 0 Å². The summed E-state index contributed by atoms with van der Waals surface area (Å²) in [6.07, 6.45) is 0.116. The Labute approximate surface area is 195 Å². The van der Waals surface area contributed by atoms with Crippen molar-refractivity contribution in [1.29, 1.82) is 0 Å². The number of hydrogen-bond acceptors (Lipinski definition) is 5. The molecule has 9 heteroatoms. The highest BCUT2D eigenvalue weighted by Crippen LogP contribution is 2.27. The number of ether oxygens (including phenoxy) is 1. The third-order valence-electron chi connectivity index (χ3n) is 5.86. The van der Waals surface area contributed by atoms with Gasteiger partial charge in [-0.2, -0.15) is 4.31 Å². The van der Waals surface area contributed by atoms with E-state index in [0.717, 1.165) is 11.1 Å². The minimum Gasteiger partial charge on any atom is -0.380 e. The quantitative estimate of drug-likeness (QED) is 0.572. The molecular formula is C24H31N3O5S. The Morgan fingerprint density at radius 1 is 1.09 bits per heavy atom. The first-order valence-corrected chi connectivity index (χ1v) is 12.5. The fraction of sp³-hybridized carbons (Fsp3) is 0.417. The lowest BCUT2D eigenvalue weighted by Gasteiger charge is -2.20. The van der Waals surface area contributed by atoms with Gasteiger partial charge >= 0.3 is 0 Å². The van der Waals surface area contributed by atoms with Crippen LogP contribution in [0.5, 0.6) is 0 Å². The predicted octanol–water partition coefficient (Wildman–Crippen LogP) is 2.53. The van der Waals surface area contributed by atoms with Crippen LogP contribution < -0.4 is 10.2 Å². The fourth-order valence-electron chi connectivity index (χ4n) is 4.00. The van der Waals surface area contributed by atoms with Crippen LogP contribution >= 0.6 is 0 Å². The molecule has 1 heterocycles. The second kappa shape index (κ2) is 10.9. The van der Waals surface area contributed by atoms with E-state index in [2.05, 4.69) is 5.32 Å². The van der Waals surface area contributed by atoms with Crippen molar-refractivity contribution in [2.24, 2.45) is 5.92 Å². The molecule has 2 aromatic carbocycles. The van der Waals surface area contributed by atoms with Gasteiger partial charge in [-0.05, 0) is 35.4 Å². The number of methoxy groups -OCH3 is 1. The second-order valence-electron chi connectivity index (χ2n) is 7.91. The van der Waals surface area contributed by atoms with E-state index >= 15 is 0 Å².